The SMILES string of the molecule is COC(=O)CNC(=O)Cn1c(=O)c2ccccc2n(CCCCN2CCC(OC(c3ccccc3)c3ccccc3)CC2)c1=O. The van der Waals surface area contributed by atoms with Gasteiger partial charge in [0.15, 0.2) is 0 Å². The van der Waals surface area contributed by atoms with Crippen LogP contribution in [0.1, 0.15) is 42.9 Å². The van der Waals surface area contributed by atoms with Crippen LogP contribution >= 0.6 is 0 Å². The zero-order valence-electron chi connectivity index (χ0n) is 25.6. The van der Waals surface area contributed by atoms with Crippen molar-refractivity contribution >= 4 is 22.8 Å². The van der Waals surface area contributed by atoms with Gasteiger partial charge in [0.25, 0.3) is 5.56 Å². The smallest absolute Gasteiger partial charge is 0.331 e. The van der Waals surface area contributed by atoms with Crippen molar-refractivity contribution in [2.24, 2.45) is 0 Å². The van der Waals surface area contributed by atoms with Crippen LogP contribution in [0.3, 0.4) is 0 Å². The van der Waals surface area contributed by atoms with E-state index in [1.165, 1.54) is 7.11 Å². The number of aryl methyl sites for hydroxylation is 1. The van der Waals surface area contributed by atoms with E-state index in [2.05, 4.69) is 39.2 Å². The molecule has 2 heterocycles. The zero-order chi connectivity index (χ0) is 31.6. The second-order valence-corrected chi connectivity index (χ2v) is 11.3. The molecule has 10 nitrogen and oxygen atoms in total. The Hall–Kier alpha value is -4.54. The minimum atomic E-state index is -0.619. The number of likely N-dealkylation sites (tertiary alicyclic amines) is 1. The number of piperidine rings is 1. The topological polar surface area (TPSA) is 112 Å². The number of carbonyl (C=O) groups excluding carboxylic acids is 2. The number of ether oxygens (including phenoxy) is 2. The summed E-state index contributed by atoms with van der Waals surface area (Å²) in [6.45, 7) is 2.38. The van der Waals surface area contributed by atoms with E-state index in [-0.39, 0.29) is 18.8 Å². The van der Waals surface area contributed by atoms with Gasteiger partial charge in [0.1, 0.15) is 19.2 Å². The fraction of sp³-hybridized carbons (Fsp3) is 0.371. The lowest BCUT2D eigenvalue weighted by molar-refractivity contribution is -0.141. The van der Waals surface area contributed by atoms with Crippen molar-refractivity contribution in [1.29, 1.82) is 0 Å². The fourth-order valence-electron chi connectivity index (χ4n) is 5.84. The normalized spacial score (nSPS) is 14.1. The first-order chi connectivity index (χ1) is 21.9. The lowest BCUT2D eigenvalue weighted by atomic mass is 10.00. The number of para-hydroxylation sites is 1. The first kappa shape index (κ1) is 31.9. The van der Waals surface area contributed by atoms with Gasteiger partial charge in [-0.3, -0.25) is 23.5 Å². The van der Waals surface area contributed by atoms with Crippen molar-refractivity contribution in [3.05, 3.63) is 117 Å². The van der Waals surface area contributed by atoms with E-state index in [9.17, 15) is 19.2 Å². The van der Waals surface area contributed by atoms with Crippen molar-refractivity contribution in [2.75, 3.05) is 33.3 Å². The summed E-state index contributed by atoms with van der Waals surface area (Å²) in [5, 5.41) is 2.75. The van der Waals surface area contributed by atoms with Gasteiger partial charge in [0.05, 0.1) is 24.1 Å². The number of esters is 1. The van der Waals surface area contributed by atoms with Crippen molar-refractivity contribution in [3.8, 4) is 0 Å². The molecule has 0 radical (unpaired) electrons. The molecule has 45 heavy (non-hydrogen) atoms. The first-order valence-electron chi connectivity index (χ1n) is 15.5. The number of unbranched alkanes of at least 4 members (excludes halogenated alkanes) is 1. The average Bonchev–Trinajstić information content (AvgIpc) is 3.09. The van der Waals surface area contributed by atoms with Crippen LogP contribution in [0, 0.1) is 0 Å². The van der Waals surface area contributed by atoms with Crippen LogP contribution in [0.15, 0.2) is 94.5 Å². The summed E-state index contributed by atoms with van der Waals surface area (Å²) in [6, 6.07) is 27.6. The van der Waals surface area contributed by atoms with E-state index in [1.54, 1.807) is 28.8 Å². The van der Waals surface area contributed by atoms with Gasteiger partial charge in [-0.1, -0.05) is 72.8 Å². The number of benzene rings is 3. The Balaban J connectivity index is 1.16. The fourth-order valence-corrected chi connectivity index (χ4v) is 5.84. The highest BCUT2D eigenvalue weighted by Gasteiger charge is 2.25. The maximum Gasteiger partial charge on any atom is 0.331 e. The molecule has 0 bridgehead atoms. The third-order valence-corrected chi connectivity index (χ3v) is 8.27. The van der Waals surface area contributed by atoms with Crippen LogP contribution < -0.4 is 16.6 Å². The molecule has 1 aromatic heterocycles. The molecule has 0 unspecified atom stereocenters. The van der Waals surface area contributed by atoms with E-state index < -0.39 is 29.7 Å². The summed E-state index contributed by atoms with van der Waals surface area (Å²) < 4.78 is 13.7. The van der Waals surface area contributed by atoms with E-state index in [0.717, 1.165) is 61.0 Å². The molecule has 1 aliphatic rings. The number of fused-ring (bicyclic) bond motifs is 1. The number of nitrogens with zero attached hydrogens (tertiary/aromatic N) is 3. The Labute approximate surface area is 262 Å². The molecule has 1 saturated heterocycles. The highest BCUT2D eigenvalue weighted by atomic mass is 16.5. The lowest BCUT2D eigenvalue weighted by Gasteiger charge is -2.34. The molecule has 1 N–H and O–H groups in total. The van der Waals surface area contributed by atoms with E-state index in [0.29, 0.717) is 17.4 Å². The van der Waals surface area contributed by atoms with E-state index >= 15 is 0 Å². The Morgan fingerprint density at radius 3 is 2.07 bits per heavy atom. The van der Waals surface area contributed by atoms with Crippen LogP contribution in [0.4, 0.5) is 0 Å². The van der Waals surface area contributed by atoms with Gasteiger partial charge in [-0.15, -0.1) is 0 Å². The number of aromatic nitrogens is 2. The molecule has 0 saturated carbocycles. The largest absolute Gasteiger partial charge is 0.468 e. The molecule has 10 heteroatoms. The monoisotopic (exact) mass is 612 g/mol. The number of carbonyl (C=O) groups is 2. The maximum absolute atomic E-state index is 13.4. The molecular weight excluding hydrogens is 572 g/mol. The predicted octanol–water partition coefficient (Wildman–Crippen LogP) is 3.50. The number of nitrogens with one attached hydrogen (secondary N) is 1. The van der Waals surface area contributed by atoms with Gasteiger partial charge in [-0.05, 0) is 55.5 Å². The minimum Gasteiger partial charge on any atom is -0.468 e. The Kier molecular flexibility index (Phi) is 10.9. The van der Waals surface area contributed by atoms with E-state index in [4.69, 9.17) is 4.74 Å². The summed E-state index contributed by atoms with van der Waals surface area (Å²) in [4.78, 5) is 52.7. The summed E-state index contributed by atoms with van der Waals surface area (Å²) in [5.41, 5.74) is 1.77. The molecule has 4 aromatic rings. The van der Waals surface area contributed by atoms with Crippen LogP contribution in [0.2, 0.25) is 0 Å². The number of hydrogen-bond donors (Lipinski definition) is 1. The van der Waals surface area contributed by atoms with Gasteiger partial charge in [0, 0.05) is 19.6 Å². The zero-order valence-corrected chi connectivity index (χ0v) is 25.6. The molecule has 1 fully saturated rings. The van der Waals surface area contributed by atoms with Crippen LogP contribution in [0.5, 0.6) is 0 Å². The molecule has 1 amide bonds. The molecule has 0 spiro atoms. The van der Waals surface area contributed by atoms with Gasteiger partial charge >= 0.3 is 11.7 Å². The maximum atomic E-state index is 13.4. The van der Waals surface area contributed by atoms with Crippen molar-refractivity contribution in [2.45, 2.75) is 51.0 Å². The molecule has 236 valence electrons. The number of methoxy groups -OCH3 is 1. The van der Waals surface area contributed by atoms with Crippen LogP contribution in [-0.4, -0.2) is 65.3 Å². The van der Waals surface area contributed by atoms with Crippen molar-refractivity contribution < 1.29 is 19.1 Å². The van der Waals surface area contributed by atoms with Crippen molar-refractivity contribution in [3.63, 3.8) is 0 Å². The molecule has 3 aromatic carbocycles. The van der Waals surface area contributed by atoms with Gasteiger partial charge < -0.3 is 19.7 Å². The third-order valence-electron chi connectivity index (χ3n) is 8.27. The molecule has 0 aliphatic carbocycles. The Morgan fingerprint density at radius 2 is 1.42 bits per heavy atom. The second kappa shape index (κ2) is 15.5. The Morgan fingerprint density at radius 1 is 0.822 bits per heavy atom. The standard InChI is InChI=1S/C35H40N4O6/c1-44-32(41)24-36-31(40)25-39-34(42)29-16-8-9-17-30(29)38(35(39)43)21-11-10-20-37-22-18-28(19-23-37)45-33(26-12-4-2-5-13-26)27-14-6-3-7-15-27/h2-9,12-17,28,33H,10-11,18-25H2,1H3,(H,36,40). The average molecular weight is 613 g/mol. The molecular formula is C35H40N4O6. The number of amides is 1. The van der Waals surface area contributed by atoms with Gasteiger partial charge in [-0.25, -0.2) is 4.79 Å². The molecule has 1 aliphatic heterocycles. The first-order valence-corrected chi connectivity index (χ1v) is 15.5. The van der Waals surface area contributed by atoms with Gasteiger partial charge in [0.2, 0.25) is 5.91 Å². The van der Waals surface area contributed by atoms with Gasteiger partial charge in [-0.2, -0.15) is 0 Å². The summed E-state index contributed by atoms with van der Waals surface area (Å²) >= 11 is 0. The lowest BCUT2D eigenvalue weighted by Crippen LogP contribution is -2.44. The highest BCUT2D eigenvalue weighted by molar-refractivity contribution is 5.82. The van der Waals surface area contributed by atoms with E-state index in [1.807, 2.05) is 36.4 Å². The summed E-state index contributed by atoms with van der Waals surface area (Å²) in [5.74, 6) is -1.24. The minimum absolute atomic E-state index is 0.0979. The van der Waals surface area contributed by atoms with Crippen LogP contribution in [0.25, 0.3) is 10.9 Å². The summed E-state index contributed by atoms with van der Waals surface area (Å²) in [6.07, 6.45) is 3.58. The molecule has 0 atom stereocenters. The predicted molar refractivity (Wildman–Crippen MR) is 172 cm³/mol. The second-order valence-electron chi connectivity index (χ2n) is 11.3. The summed E-state index contributed by atoms with van der Waals surface area (Å²) in [7, 11) is 1.21. The van der Waals surface area contributed by atoms with Crippen molar-refractivity contribution in [1.82, 2.24) is 19.4 Å². The number of rotatable bonds is 13. The Bertz CT molecular complexity index is 1660. The third kappa shape index (κ3) is 8.14. The quantitative estimate of drug-likeness (QED) is 0.182. The van der Waals surface area contributed by atoms with Crippen LogP contribution in [-0.2, 0) is 32.2 Å². The highest BCUT2D eigenvalue weighted by Crippen LogP contribution is 2.30. The molecule has 5 rings (SSSR count). The number of hydrogen-bond acceptors (Lipinski definition) is 7.